The molecule has 2 aliphatic rings. The molecule has 0 spiro atoms. The first-order valence-electron chi connectivity index (χ1n) is 5.93. The van der Waals surface area contributed by atoms with Gasteiger partial charge < -0.3 is 14.7 Å². The van der Waals surface area contributed by atoms with Gasteiger partial charge in [0.15, 0.2) is 0 Å². The van der Waals surface area contributed by atoms with Crippen molar-refractivity contribution in [1.82, 2.24) is 4.98 Å². The van der Waals surface area contributed by atoms with Crippen LogP contribution in [0.5, 0.6) is 0 Å². The summed E-state index contributed by atoms with van der Waals surface area (Å²) >= 11 is 0. The average molecular weight is 252 g/mol. The van der Waals surface area contributed by atoms with Gasteiger partial charge >= 0.3 is 5.97 Å². The highest BCUT2D eigenvalue weighted by Crippen LogP contribution is 2.30. The van der Waals surface area contributed by atoms with Gasteiger partial charge in [0.25, 0.3) is 0 Å². The monoisotopic (exact) mass is 252 g/mol. The molecule has 6 heteroatoms. The van der Waals surface area contributed by atoms with Gasteiger partial charge in [-0.2, -0.15) is 0 Å². The van der Waals surface area contributed by atoms with Crippen molar-refractivity contribution in [2.45, 2.75) is 25.0 Å². The number of fused-ring (bicyclic) bond motifs is 2. The third-order valence-corrected chi connectivity index (χ3v) is 3.41. The molecule has 96 valence electrons. The lowest BCUT2D eigenvalue weighted by molar-refractivity contribution is 0.0300. The summed E-state index contributed by atoms with van der Waals surface area (Å²) in [6.45, 7) is 1.24. The van der Waals surface area contributed by atoms with Crippen LogP contribution in [0.3, 0.4) is 0 Å². The van der Waals surface area contributed by atoms with E-state index in [0.717, 1.165) is 25.1 Å². The fourth-order valence-corrected chi connectivity index (χ4v) is 2.63. The molecular formula is C12H13FN2O3. The quantitative estimate of drug-likeness (QED) is 0.859. The topological polar surface area (TPSA) is 62.7 Å². The number of rotatable bonds is 2. The fraction of sp³-hybridized carbons (Fsp3) is 0.500. The zero-order valence-corrected chi connectivity index (χ0v) is 9.67. The second-order valence-electron chi connectivity index (χ2n) is 4.69. The first kappa shape index (κ1) is 11.4. The molecule has 1 aromatic rings. The van der Waals surface area contributed by atoms with Gasteiger partial charge in [-0.3, -0.25) is 0 Å². The van der Waals surface area contributed by atoms with Crippen molar-refractivity contribution in [3.05, 3.63) is 23.6 Å². The summed E-state index contributed by atoms with van der Waals surface area (Å²) in [6, 6.07) is 1.02. The molecule has 2 fully saturated rings. The number of carbonyl (C=O) groups is 1. The summed E-state index contributed by atoms with van der Waals surface area (Å²) in [5.74, 6) is -1.45. The van der Waals surface area contributed by atoms with Gasteiger partial charge in [0.1, 0.15) is 17.2 Å². The number of pyridine rings is 1. The molecule has 1 N–H and O–H groups in total. The van der Waals surface area contributed by atoms with E-state index in [2.05, 4.69) is 4.98 Å². The van der Waals surface area contributed by atoms with E-state index < -0.39 is 11.8 Å². The number of nitrogens with zero attached hydrogens (tertiary/aromatic N) is 2. The molecule has 2 unspecified atom stereocenters. The minimum atomic E-state index is -1.16. The van der Waals surface area contributed by atoms with Crippen LogP contribution in [-0.2, 0) is 4.74 Å². The number of carboxylic acids is 1. The van der Waals surface area contributed by atoms with Crippen LogP contribution in [0.15, 0.2) is 12.3 Å². The molecule has 18 heavy (non-hydrogen) atoms. The SMILES string of the molecule is O=C(O)c1cc(F)cnc1N1CC2CCC(C1)O2. The van der Waals surface area contributed by atoms with Crippen LogP contribution < -0.4 is 4.90 Å². The van der Waals surface area contributed by atoms with Crippen molar-refractivity contribution in [2.24, 2.45) is 0 Å². The molecule has 2 aliphatic heterocycles. The lowest BCUT2D eigenvalue weighted by atomic mass is 10.2. The van der Waals surface area contributed by atoms with Gasteiger partial charge in [0.05, 0.1) is 18.4 Å². The normalized spacial score (nSPS) is 26.4. The van der Waals surface area contributed by atoms with Crippen LogP contribution in [0.25, 0.3) is 0 Å². The van der Waals surface area contributed by atoms with Gasteiger partial charge in [-0.05, 0) is 18.9 Å². The van der Waals surface area contributed by atoms with Crippen LogP contribution in [0.2, 0.25) is 0 Å². The number of anilines is 1. The standard InChI is InChI=1S/C12H13FN2O3/c13-7-3-10(12(16)17)11(14-4-7)15-5-8-1-2-9(6-15)18-8/h3-4,8-9H,1-2,5-6H2,(H,16,17). The Hall–Kier alpha value is -1.69. The van der Waals surface area contributed by atoms with E-state index in [-0.39, 0.29) is 17.8 Å². The number of aromatic nitrogens is 1. The van der Waals surface area contributed by atoms with Crippen LogP contribution in [0.4, 0.5) is 10.2 Å². The number of aromatic carboxylic acids is 1. The summed E-state index contributed by atoms with van der Waals surface area (Å²) in [5, 5.41) is 9.10. The van der Waals surface area contributed by atoms with Gasteiger partial charge in [0.2, 0.25) is 0 Å². The Labute approximate surface area is 103 Å². The summed E-state index contributed by atoms with van der Waals surface area (Å²) in [6.07, 6.45) is 3.31. The van der Waals surface area contributed by atoms with Crippen molar-refractivity contribution in [1.29, 1.82) is 0 Å². The number of halogens is 1. The van der Waals surface area contributed by atoms with E-state index in [4.69, 9.17) is 9.84 Å². The lowest BCUT2D eigenvalue weighted by Crippen LogP contribution is -2.43. The number of carboxylic acid groups (broad SMARTS) is 1. The van der Waals surface area contributed by atoms with E-state index in [1.54, 1.807) is 0 Å². The molecule has 0 aromatic carbocycles. The van der Waals surface area contributed by atoms with Crippen molar-refractivity contribution in [3.8, 4) is 0 Å². The van der Waals surface area contributed by atoms with Gasteiger partial charge in [-0.25, -0.2) is 14.2 Å². The van der Waals surface area contributed by atoms with Crippen molar-refractivity contribution in [2.75, 3.05) is 18.0 Å². The largest absolute Gasteiger partial charge is 0.478 e. The van der Waals surface area contributed by atoms with Gasteiger partial charge in [-0.1, -0.05) is 0 Å². The summed E-state index contributed by atoms with van der Waals surface area (Å²) in [4.78, 5) is 16.9. The molecule has 0 aliphatic carbocycles. The fourth-order valence-electron chi connectivity index (χ4n) is 2.63. The maximum absolute atomic E-state index is 13.1. The third-order valence-electron chi connectivity index (χ3n) is 3.41. The van der Waals surface area contributed by atoms with E-state index in [9.17, 15) is 9.18 Å². The number of hydrogen-bond acceptors (Lipinski definition) is 4. The molecule has 0 amide bonds. The minimum Gasteiger partial charge on any atom is -0.478 e. The molecule has 2 atom stereocenters. The molecule has 2 bridgehead atoms. The summed E-state index contributed by atoms with van der Waals surface area (Å²) < 4.78 is 18.8. The Kier molecular flexibility index (Phi) is 2.66. The Morgan fingerprint density at radius 3 is 2.72 bits per heavy atom. The smallest absolute Gasteiger partial charge is 0.339 e. The van der Waals surface area contributed by atoms with Crippen molar-refractivity contribution < 1.29 is 19.0 Å². The van der Waals surface area contributed by atoms with E-state index in [1.807, 2.05) is 4.90 Å². The lowest BCUT2D eigenvalue weighted by Gasteiger charge is -2.33. The predicted octanol–water partition coefficient (Wildman–Crippen LogP) is 1.29. The predicted molar refractivity (Wildman–Crippen MR) is 61.3 cm³/mol. The molecule has 3 heterocycles. The minimum absolute atomic E-state index is 0.0868. The number of hydrogen-bond donors (Lipinski definition) is 1. The van der Waals surface area contributed by atoms with Crippen molar-refractivity contribution >= 4 is 11.8 Å². The Balaban J connectivity index is 1.94. The first-order valence-corrected chi connectivity index (χ1v) is 5.93. The second-order valence-corrected chi connectivity index (χ2v) is 4.69. The first-order chi connectivity index (χ1) is 8.63. The molecular weight excluding hydrogens is 239 g/mol. The Morgan fingerprint density at radius 2 is 2.11 bits per heavy atom. The van der Waals surface area contributed by atoms with Crippen LogP contribution >= 0.6 is 0 Å². The molecule has 0 radical (unpaired) electrons. The highest BCUT2D eigenvalue weighted by molar-refractivity contribution is 5.93. The number of morpholine rings is 1. The Bertz CT molecular complexity index is 482. The van der Waals surface area contributed by atoms with Gasteiger partial charge in [0, 0.05) is 13.1 Å². The second kappa shape index (κ2) is 4.20. The highest BCUT2D eigenvalue weighted by atomic mass is 19.1. The van der Waals surface area contributed by atoms with Crippen LogP contribution in [0.1, 0.15) is 23.2 Å². The summed E-state index contributed by atoms with van der Waals surface area (Å²) in [7, 11) is 0. The number of ether oxygens (including phenoxy) is 1. The summed E-state index contributed by atoms with van der Waals surface area (Å²) in [5.41, 5.74) is -0.0868. The maximum atomic E-state index is 13.1. The average Bonchev–Trinajstić information content (AvgIpc) is 2.68. The third kappa shape index (κ3) is 1.92. The zero-order valence-electron chi connectivity index (χ0n) is 9.67. The van der Waals surface area contributed by atoms with Crippen LogP contribution in [0, 0.1) is 5.82 Å². The molecule has 2 saturated heterocycles. The van der Waals surface area contributed by atoms with Crippen molar-refractivity contribution in [3.63, 3.8) is 0 Å². The Morgan fingerprint density at radius 1 is 1.44 bits per heavy atom. The highest BCUT2D eigenvalue weighted by Gasteiger charge is 2.35. The van der Waals surface area contributed by atoms with Crippen LogP contribution in [-0.4, -0.2) is 41.4 Å². The van der Waals surface area contributed by atoms with E-state index in [1.165, 1.54) is 0 Å². The van der Waals surface area contributed by atoms with E-state index in [0.29, 0.717) is 18.9 Å². The molecule has 1 aromatic heterocycles. The maximum Gasteiger partial charge on any atom is 0.339 e. The van der Waals surface area contributed by atoms with Gasteiger partial charge in [-0.15, -0.1) is 0 Å². The zero-order chi connectivity index (χ0) is 12.7. The molecule has 3 rings (SSSR count). The molecule has 5 nitrogen and oxygen atoms in total. The molecule has 0 saturated carbocycles. The van der Waals surface area contributed by atoms with E-state index >= 15 is 0 Å².